The molecule has 5 heteroatoms. The molecule has 0 spiro atoms. The van der Waals surface area contributed by atoms with Gasteiger partial charge in [-0.05, 0) is 17.7 Å². The van der Waals surface area contributed by atoms with Gasteiger partial charge in [-0.15, -0.1) is 0 Å². The van der Waals surface area contributed by atoms with Gasteiger partial charge in [-0.25, -0.2) is 0 Å². The van der Waals surface area contributed by atoms with Crippen LogP contribution in [0.25, 0.3) is 0 Å². The second-order valence-corrected chi connectivity index (χ2v) is 2.84. The van der Waals surface area contributed by atoms with Gasteiger partial charge >= 0.3 is 6.18 Å². The van der Waals surface area contributed by atoms with Crippen LogP contribution in [0.4, 0.5) is 13.2 Å². The van der Waals surface area contributed by atoms with E-state index >= 15 is 0 Å². The summed E-state index contributed by atoms with van der Waals surface area (Å²) < 4.78 is 36.0. The van der Waals surface area contributed by atoms with Crippen molar-refractivity contribution < 1.29 is 18.0 Å². The minimum absolute atomic E-state index is 0.308. The van der Waals surface area contributed by atoms with Crippen LogP contribution >= 0.6 is 0 Å². The third kappa shape index (κ3) is 3.16. The zero-order chi connectivity index (χ0) is 10.6. The normalized spacial score (nSPS) is 13.6. The highest BCUT2D eigenvalue weighted by atomic mass is 19.4. The lowest BCUT2D eigenvalue weighted by molar-refractivity contribution is -0.143. The van der Waals surface area contributed by atoms with E-state index in [9.17, 15) is 18.0 Å². The van der Waals surface area contributed by atoms with Crippen LogP contribution in [-0.2, 0) is 4.79 Å². The molecular weight excluding hydrogens is 195 g/mol. The Morgan fingerprint density at radius 2 is 1.93 bits per heavy atom. The maximum absolute atomic E-state index is 12.0. The Morgan fingerprint density at radius 1 is 1.36 bits per heavy atom. The van der Waals surface area contributed by atoms with Crippen LogP contribution in [0.3, 0.4) is 0 Å². The van der Waals surface area contributed by atoms with Crippen molar-refractivity contribution in [3.8, 4) is 0 Å². The smallest absolute Gasteiger partial charge is 0.303 e. The molecular formula is C9H8F3NO. The molecule has 1 atom stereocenters. The predicted molar refractivity (Wildman–Crippen MR) is 43.7 cm³/mol. The number of halogens is 3. The number of rotatable bonds is 3. The summed E-state index contributed by atoms with van der Waals surface area (Å²) in [6.45, 7) is 0. The molecule has 0 bridgehead atoms. The van der Waals surface area contributed by atoms with Crippen molar-refractivity contribution in [3.05, 3.63) is 30.1 Å². The molecule has 0 saturated heterocycles. The van der Waals surface area contributed by atoms with Gasteiger partial charge in [-0.1, -0.05) is 0 Å². The van der Waals surface area contributed by atoms with Gasteiger partial charge < -0.3 is 4.79 Å². The molecule has 0 amide bonds. The van der Waals surface area contributed by atoms with E-state index in [1.165, 1.54) is 24.5 Å². The van der Waals surface area contributed by atoms with Crippen molar-refractivity contribution in [3.63, 3.8) is 0 Å². The highest BCUT2D eigenvalue weighted by Gasteiger charge is 2.32. The molecule has 76 valence electrons. The lowest BCUT2D eigenvalue weighted by atomic mass is 9.98. The quantitative estimate of drug-likeness (QED) is 0.705. The van der Waals surface area contributed by atoms with E-state index in [1.54, 1.807) is 0 Å². The van der Waals surface area contributed by atoms with Gasteiger partial charge in [-0.2, -0.15) is 13.2 Å². The molecule has 0 aliphatic heterocycles. The minimum atomic E-state index is -4.32. The zero-order valence-corrected chi connectivity index (χ0v) is 7.16. The lowest BCUT2D eigenvalue weighted by Crippen LogP contribution is -2.14. The topological polar surface area (TPSA) is 30.0 Å². The van der Waals surface area contributed by atoms with Crippen LogP contribution in [0, 0.1) is 0 Å². The van der Waals surface area contributed by atoms with Crippen molar-refractivity contribution in [2.45, 2.75) is 18.5 Å². The Balaban J connectivity index is 2.78. The second kappa shape index (κ2) is 4.21. The molecule has 0 N–H and O–H groups in total. The average molecular weight is 203 g/mol. The van der Waals surface area contributed by atoms with Crippen molar-refractivity contribution in [2.75, 3.05) is 0 Å². The van der Waals surface area contributed by atoms with E-state index in [1.807, 2.05) is 0 Å². The van der Waals surface area contributed by atoms with E-state index in [4.69, 9.17) is 0 Å². The summed E-state index contributed by atoms with van der Waals surface area (Å²) in [6, 6.07) is 2.82. The van der Waals surface area contributed by atoms with Gasteiger partial charge in [0, 0.05) is 18.3 Å². The fourth-order valence-electron chi connectivity index (χ4n) is 1.10. The molecule has 0 aromatic carbocycles. The number of carbonyl (C=O) groups excluding carboxylic acids is 1. The SMILES string of the molecule is O=CC(CC(F)(F)F)c1ccncc1. The summed E-state index contributed by atoms with van der Waals surface area (Å²) in [5.74, 6) is -1.13. The largest absolute Gasteiger partial charge is 0.390 e. The van der Waals surface area contributed by atoms with Crippen LogP contribution < -0.4 is 0 Å². The van der Waals surface area contributed by atoms with Gasteiger partial charge in [0.15, 0.2) is 0 Å². The molecule has 1 heterocycles. The molecule has 0 aliphatic carbocycles. The Kier molecular flexibility index (Phi) is 3.22. The molecule has 1 unspecified atom stereocenters. The molecule has 2 nitrogen and oxygen atoms in total. The first-order chi connectivity index (χ1) is 6.53. The summed E-state index contributed by atoms with van der Waals surface area (Å²) in [5, 5.41) is 0. The average Bonchev–Trinajstić information content (AvgIpc) is 2.14. The van der Waals surface area contributed by atoms with Gasteiger partial charge in [0.05, 0.1) is 6.42 Å². The highest BCUT2D eigenvalue weighted by molar-refractivity contribution is 5.61. The predicted octanol–water partition coefficient (Wildman–Crippen LogP) is 2.32. The number of carbonyl (C=O) groups is 1. The molecule has 14 heavy (non-hydrogen) atoms. The summed E-state index contributed by atoms with van der Waals surface area (Å²) in [4.78, 5) is 14.1. The molecule has 0 aliphatic rings. The Morgan fingerprint density at radius 3 is 2.36 bits per heavy atom. The Labute approximate surface area is 78.8 Å². The maximum atomic E-state index is 12.0. The van der Waals surface area contributed by atoms with Gasteiger partial charge in [-0.3, -0.25) is 4.98 Å². The summed E-state index contributed by atoms with van der Waals surface area (Å²) in [7, 11) is 0. The maximum Gasteiger partial charge on any atom is 0.390 e. The van der Waals surface area contributed by atoms with Gasteiger partial charge in [0.25, 0.3) is 0 Å². The molecule has 1 aromatic heterocycles. The number of hydrogen-bond acceptors (Lipinski definition) is 2. The number of aromatic nitrogens is 1. The third-order valence-electron chi connectivity index (χ3n) is 1.75. The lowest BCUT2D eigenvalue weighted by Gasteiger charge is -2.12. The molecule has 0 radical (unpaired) electrons. The summed E-state index contributed by atoms with van der Waals surface area (Å²) in [6.07, 6.45) is -2.41. The van der Waals surface area contributed by atoms with Crippen LogP contribution in [0.1, 0.15) is 17.9 Å². The van der Waals surface area contributed by atoms with Crippen LogP contribution in [0.5, 0.6) is 0 Å². The summed E-state index contributed by atoms with van der Waals surface area (Å²) in [5.41, 5.74) is 0.340. The highest BCUT2D eigenvalue weighted by Crippen LogP contribution is 2.29. The summed E-state index contributed by atoms with van der Waals surface area (Å²) >= 11 is 0. The third-order valence-corrected chi connectivity index (χ3v) is 1.75. The fourth-order valence-corrected chi connectivity index (χ4v) is 1.10. The van der Waals surface area contributed by atoms with Crippen molar-refractivity contribution in [2.24, 2.45) is 0 Å². The second-order valence-electron chi connectivity index (χ2n) is 2.84. The van der Waals surface area contributed by atoms with Crippen molar-refractivity contribution >= 4 is 6.29 Å². The zero-order valence-electron chi connectivity index (χ0n) is 7.16. The van der Waals surface area contributed by atoms with E-state index in [-0.39, 0.29) is 0 Å². The number of aldehydes is 1. The van der Waals surface area contributed by atoms with Crippen LogP contribution in [0.15, 0.2) is 24.5 Å². The number of alkyl halides is 3. The van der Waals surface area contributed by atoms with Gasteiger partial charge in [0.1, 0.15) is 6.29 Å². The number of pyridine rings is 1. The van der Waals surface area contributed by atoms with Crippen LogP contribution in [0.2, 0.25) is 0 Å². The van der Waals surface area contributed by atoms with E-state index < -0.39 is 18.5 Å². The first-order valence-corrected chi connectivity index (χ1v) is 3.95. The van der Waals surface area contributed by atoms with E-state index in [0.717, 1.165) is 0 Å². The molecule has 1 rings (SSSR count). The standard InChI is InChI=1S/C9H8F3NO/c10-9(11,12)5-8(6-14)7-1-3-13-4-2-7/h1-4,6,8H,5H2. The van der Waals surface area contributed by atoms with Gasteiger partial charge in [0.2, 0.25) is 0 Å². The molecule has 0 saturated carbocycles. The Bertz CT molecular complexity index is 297. The van der Waals surface area contributed by atoms with Crippen molar-refractivity contribution in [1.82, 2.24) is 4.98 Å². The monoisotopic (exact) mass is 203 g/mol. The van der Waals surface area contributed by atoms with E-state index in [0.29, 0.717) is 11.8 Å². The first-order valence-electron chi connectivity index (χ1n) is 3.95. The van der Waals surface area contributed by atoms with E-state index in [2.05, 4.69) is 4.98 Å². The number of hydrogen-bond donors (Lipinski definition) is 0. The minimum Gasteiger partial charge on any atom is -0.303 e. The Hall–Kier alpha value is -1.39. The van der Waals surface area contributed by atoms with Crippen molar-refractivity contribution in [1.29, 1.82) is 0 Å². The molecule has 0 fully saturated rings. The van der Waals surface area contributed by atoms with Crippen LogP contribution in [-0.4, -0.2) is 17.4 Å². The number of nitrogens with zero attached hydrogens (tertiary/aromatic N) is 1. The fraction of sp³-hybridized carbons (Fsp3) is 0.333. The first kappa shape index (κ1) is 10.7. The molecule has 1 aromatic rings.